The van der Waals surface area contributed by atoms with E-state index in [9.17, 15) is 14.3 Å². The number of carbonyl (C=O) groups excluding carboxylic acids is 1. The van der Waals surface area contributed by atoms with Crippen molar-refractivity contribution in [3.8, 4) is 0 Å². The number of nitrogens with zero attached hydrogens (tertiary/aromatic N) is 1. The molecule has 0 aliphatic rings. The molecule has 252 valence electrons. The fourth-order valence-electron chi connectivity index (χ4n) is 4.84. The summed E-state index contributed by atoms with van der Waals surface area (Å²) in [6, 6.07) is 0. The normalized spacial score (nSPS) is 14.1. The lowest BCUT2D eigenvalue weighted by Crippen LogP contribution is -2.37. The van der Waals surface area contributed by atoms with Gasteiger partial charge in [-0.1, -0.05) is 135 Å². The zero-order valence-electron chi connectivity index (χ0n) is 28.2. The third-order valence-corrected chi connectivity index (χ3v) is 8.42. The van der Waals surface area contributed by atoms with Crippen LogP contribution in [-0.4, -0.2) is 70.7 Å². The number of rotatable bonds is 32. The van der Waals surface area contributed by atoms with Crippen LogP contribution in [0.4, 0.5) is 0 Å². The molecule has 0 aliphatic heterocycles. The number of likely N-dealkylation sites (N-methyl/N-ethyl adjacent to an activating group) is 1. The second-order valence-electron chi connectivity index (χ2n) is 13.0. The molecule has 0 rings (SSSR count). The Hall–Kier alpha value is -0.500. The van der Waals surface area contributed by atoms with Gasteiger partial charge in [-0.05, 0) is 6.42 Å². The van der Waals surface area contributed by atoms with E-state index in [0.29, 0.717) is 17.6 Å². The van der Waals surface area contributed by atoms with Gasteiger partial charge in [0.2, 0.25) is 0 Å². The van der Waals surface area contributed by atoms with Crippen LogP contribution >= 0.6 is 7.82 Å². The van der Waals surface area contributed by atoms with Gasteiger partial charge in [0.25, 0.3) is 7.82 Å². The van der Waals surface area contributed by atoms with Crippen LogP contribution < -0.4 is 4.89 Å². The summed E-state index contributed by atoms with van der Waals surface area (Å²) in [5, 5.41) is 0. The number of carbonyl (C=O) groups is 1. The monoisotopic (exact) mass is 621 g/mol. The van der Waals surface area contributed by atoms with Crippen LogP contribution in [0.15, 0.2) is 0 Å². The van der Waals surface area contributed by atoms with Gasteiger partial charge in [0.1, 0.15) is 19.3 Å². The van der Waals surface area contributed by atoms with Crippen LogP contribution in [0.2, 0.25) is 0 Å². The largest absolute Gasteiger partial charge is 0.756 e. The van der Waals surface area contributed by atoms with Crippen molar-refractivity contribution in [1.29, 1.82) is 0 Å². The molecule has 0 saturated carbocycles. The smallest absolute Gasteiger partial charge is 0.303 e. The van der Waals surface area contributed by atoms with Gasteiger partial charge in [-0.2, -0.15) is 0 Å². The number of phosphoric acid groups is 1. The number of phosphoric ester groups is 1. The number of quaternary nitrogens is 1. The van der Waals surface area contributed by atoms with Crippen molar-refractivity contribution in [1.82, 2.24) is 0 Å². The van der Waals surface area contributed by atoms with E-state index in [-0.39, 0.29) is 19.8 Å². The summed E-state index contributed by atoms with van der Waals surface area (Å²) >= 11 is 0. The summed E-state index contributed by atoms with van der Waals surface area (Å²) in [6.07, 6.45) is 27.5. The fourth-order valence-corrected chi connectivity index (χ4v) is 5.57. The molecule has 9 heteroatoms. The molecular formula is C33H68NO7P. The molecule has 2 unspecified atom stereocenters. The first-order valence-corrected chi connectivity index (χ1v) is 18.7. The van der Waals surface area contributed by atoms with Crippen molar-refractivity contribution in [2.75, 3.05) is 54.1 Å². The Labute approximate surface area is 259 Å². The maximum Gasteiger partial charge on any atom is 0.303 e. The molecule has 0 N–H and O–H groups in total. The lowest BCUT2D eigenvalue weighted by atomic mass is 10.0. The number of unbranched alkanes of at least 4 members (excludes halogenated alkanes) is 20. The molecule has 0 radical (unpaired) electrons. The van der Waals surface area contributed by atoms with Crippen molar-refractivity contribution >= 4 is 13.8 Å². The van der Waals surface area contributed by atoms with Crippen LogP contribution in [-0.2, 0) is 27.9 Å². The van der Waals surface area contributed by atoms with Crippen LogP contribution in [0.1, 0.15) is 149 Å². The van der Waals surface area contributed by atoms with Crippen molar-refractivity contribution in [3.05, 3.63) is 0 Å². The number of hydrogen-bond acceptors (Lipinski definition) is 7. The molecule has 0 fully saturated rings. The zero-order chi connectivity index (χ0) is 31.4. The fraction of sp³-hybridized carbons (Fsp3) is 0.970. The van der Waals surface area contributed by atoms with Crippen molar-refractivity contribution < 1.29 is 37.3 Å². The Kier molecular flexibility index (Phi) is 27.7. The lowest BCUT2D eigenvalue weighted by molar-refractivity contribution is -0.870. The van der Waals surface area contributed by atoms with Gasteiger partial charge in [-0.15, -0.1) is 0 Å². The Morgan fingerprint density at radius 3 is 1.43 bits per heavy atom. The average molecular weight is 622 g/mol. The van der Waals surface area contributed by atoms with Gasteiger partial charge in [-0.3, -0.25) is 9.36 Å². The SMILES string of the molecule is CCCCCCCCCCCCCCCCCCCCCCCOCC(COP(=O)([O-])OCC[N+](C)(C)C)OC(C)=O. The summed E-state index contributed by atoms with van der Waals surface area (Å²) in [5.74, 6) is -0.507. The molecule has 0 aromatic rings. The molecule has 0 spiro atoms. The van der Waals surface area contributed by atoms with Crippen LogP contribution in [0.3, 0.4) is 0 Å². The predicted molar refractivity (Wildman–Crippen MR) is 171 cm³/mol. The van der Waals surface area contributed by atoms with E-state index in [4.69, 9.17) is 18.5 Å². The topological polar surface area (TPSA) is 94.1 Å². The number of ether oxygens (including phenoxy) is 2. The van der Waals surface area contributed by atoms with Gasteiger partial charge in [0.05, 0.1) is 34.4 Å². The molecule has 0 heterocycles. The first-order valence-electron chi connectivity index (χ1n) is 17.2. The predicted octanol–water partition coefficient (Wildman–Crippen LogP) is 8.35. The minimum absolute atomic E-state index is 0.0263. The summed E-state index contributed by atoms with van der Waals surface area (Å²) in [5.41, 5.74) is 0. The van der Waals surface area contributed by atoms with Crippen LogP contribution in [0.25, 0.3) is 0 Å². The van der Waals surface area contributed by atoms with Crippen LogP contribution in [0, 0.1) is 0 Å². The van der Waals surface area contributed by atoms with E-state index in [1.54, 1.807) is 0 Å². The Morgan fingerprint density at radius 2 is 1.05 bits per heavy atom. The standard InChI is InChI=1S/C33H68NO7P/c1-6-7-8-9-10-11-12-13-14-15-16-17-18-19-20-21-22-23-24-25-26-28-38-30-33(41-32(2)35)31-40-42(36,37)39-29-27-34(3,4)5/h33H,6-31H2,1-5H3. The summed E-state index contributed by atoms with van der Waals surface area (Å²) in [7, 11) is 1.36. The average Bonchev–Trinajstić information content (AvgIpc) is 2.91. The summed E-state index contributed by atoms with van der Waals surface area (Å²) in [6.45, 7) is 4.43. The molecule has 0 bridgehead atoms. The molecule has 2 atom stereocenters. The maximum atomic E-state index is 12.0. The maximum absolute atomic E-state index is 12.0. The van der Waals surface area contributed by atoms with Crippen LogP contribution in [0.5, 0.6) is 0 Å². The highest BCUT2D eigenvalue weighted by Gasteiger charge is 2.19. The van der Waals surface area contributed by atoms with E-state index >= 15 is 0 Å². The number of hydrogen-bond donors (Lipinski definition) is 0. The molecule has 0 aromatic carbocycles. The third-order valence-electron chi connectivity index (χ3n) is 7.46. The van der Waals surface area contributed by atoms with E-state index in [1.165, 1.54) is 129 Å². The van der Waals surface area contributed by atoms with Gasteiger partial charge in [-0.25, -0.2) is 0 Å². The Morgan fingerprint density at radius 1 is 0.643 bits per heavy atom. The molecule has 42 heavy (non-hydrogen) atoms. The molecular weight excluding hydrogens is 553 g/mol. The highest BCUT2D eigenvalue weighted by Crippen LogP contribution is 2.38. The Balaban J connectivity index is 3.58. The van der Waals surface area contributed by atoms with E-state index in [1.807, 2.05) is 21.1 Å². The zero-order valence-corrected chi connectivity index (χ0v) is 29.1. The molecule has 8 nitrogen and oxygen atoms in total. The minimum Gasteiger partial charge on any atom is -0.756 e. The summed E-state index contributed by atoms with van der Waals surface area (Å²) in [4.78, 5) is 23.4. The van der Waals surface area contributed by atoms with E-state index in [2.05, 4.69) is 6.92 Å². The molecule has 0 aromatic heterocycles. The summed E-state index contributed by atoms with van der Waals surface area (Å²) < 4.78 is 33.2. The van der Waals surface area contributed by atoms with Crippen molar-refractivity contribution in [3.63, 3.8) is 0 Å². The first-order chi connectivity index (χ1) is 20.1. The molecule has 0 amide bonds. The highest BCUT2D eigenvalue weighted by atomic mass is 31.2. The molecule has 0 aliphatic carbocycles. The van der Waals surface area contributed by atoms with Gasteiger partial charge in [0.15, 0.2) is 0 Å². The highest BCUT2D eigenvalue weighted by molar-refractivity contribution is 7.45. The van der Waals surface area contributed by atoms with E-state index in [0.717, 1.165) is 12.8 Å². The second-order valence-corrected chi connectivity index (χ2v) is 14.4. The first kappa shape index (κ1) is 41.5. The third kappa shape index (κ3) is 32.4. The minimum atomic E-state index is -4.47. The number of esters is 1. The van der Waals surface area contributed by atoms with E-state index < -0.39 is 19.9 Å². The van der Waals surface area contributed by atoms with Crippen molar-refractivity contribution in [2.24, 2.45) is 0 Å². The van der Waals surface area contributed by atoms with Gasteiger partial charge in [0, 0.05) is 13.5 Å². The lowest BCUT2D eigenvalue weighted by Gasteiger charge is -2.28. The quantitative estimate of drug-likeness (QED) is 0.0322. The van der Waals surface area contributed by atoms with Gasteiger partial charge >= 0.3 is 5.97 Å². The Bertz CT molecular complexity index is 657. The molecule has 0 saturated heterocycles. The second kappa shape index (κ2) is 28.0. The van der Waals surface area contributed by atoms with Gasteiger partial charge < -0.3 is 27.9 Å². The van der Waals surface area contributed by atoms with Crippen molar-refractivity contribution in [2.45, 2.75) is 155 Å².